The number of amides is 1. The average Bonchev–Trinajstić information content (AvgIpc) is 2.69. The molecule has 1 amide bonds. The van der Waals surface area contributed by atoms with Crippen LogP contribution in [0.3, 0.4) is 0 Å². The molecule has 0 spiro atoms. The Kier molecular flexibility index (Phi) is 2.89. The zero-order chi connectivity index (χ0) is 11.5. The van der Waals surface area contributed by atoms with Gasteiger partial charge in [0.2, 0.25) is 5.91 Å². The first kappa shape index (κ1) is 10.7. The molecule has 1 atom stereocenters. The zero-order valence-electron chi connectivity index (χ0n) is 8.73. The van der Waals surface area contributed by atoms with Crippen molar-refractivity contribution in [3.63, 3.8) is 0 Å². The first-order valence-corrected chi connectivity index (χ1v) is 5.03. The van der Waals surface area contributed by atoms with E-state index in [0.29, 0.717) is 6.42 Å². The van der Waals surface area contributed by atoms with Gasteiger partial charge < -0.3 is 10.7 Å². The first-order chi connectivity index (χ1) is 7.72. The Morgan fingerprint density at radius 1 is 1.44 bits per heavy atom. The van der Waals surface area contributed by atoms with Crippen molar-refractivity contribution >= 4 is 16.8 Å². The van der Waals surface area contributed by atoms with Gasteiger partial charge in [-0.15, -0.1) is 0 Å². The molecular weight excluding hydrogens is 204 g/mol. The van der Waals surface area contributed by atoms with Crippen molar-refractivity contribution in [2.75, 3.05) is 0 Å². The molecule has 0 aliphatic carbocycles. The van der Waals surface area contributed by atoms with Crippen LogP contribution in [0.5, 0.6) is 0 Å². The van der Waals surface area contributed by atoms with Gasteiger partial charge in [0.1, 0.15) is 6.04 Å². The number of rotatable bonds is 4. The van der Waals surface area contributed by atoms with Crippen molar-refractivity contribution in [2.24, 2.45) is 11.6 Å². The molecule has 5 heteroatoms. The number of hydrogen-bond donors (Lipinski definition) is 4. The summed E-state index contributed by atoms with van der Waals surface area (Å²) in [6.07, 6.45) is 2.35. The number of aromatic nitrogens is 1. The third-order valence-electron chi connectivity index (χ3n) is 2.64. The maximum atomic E-state index is 11.1. The molecule has 1 aromatic carbocycles. The van der Waals surface area contributed by atoms with Gasteiger partial charge in [-0.2, -0.15) is 0 Å². The van der Waals surface area contributed by atoms with E-state index in [4.69, 9.17) is 11.6 Å². The highest BCUT2D eigenvalue weighted by molar-refractivity contribution is 5.85. The Hall–Kier alpha value is -1.85. The summed E-state index contributed by atoms with van der Waals surface area (Å²) in [6, 6.07) is 7.34. The molecule has 0 radical (unpaired) electrons. The van der Waals surface area contributed by atoms with Crippen molar-refractivity contribution in [3.8, 4) is 0 Å². The van der Waals surface area contributed by atoms with Gasteiger partial charge in [-0.05, 0) is 11.6 Å². The molecule has 2 aromatic rings. The molecule has 0 fully saturated rings. The van der Waals surface area contributed by atoms with Crippen molar-refractivity contribution < 1.29 is 4.79 Å². The summed E-state index contributed by atoms with van der Waals surface area (Å²) in [5, 5.41) is 1.09. The van der Waals surface area contributed by atoms with Crippen molar-refractivity contribution in [3.05, 3.63) is 36.0 Å². The van der Waals surface area contributed by atoms with Gasteiger partial charge in [0, 0.05) is 23.5 Å². The molecule has 0 aliphatic heterocycles. The van der Waals surface area contributed by atoms with Gasteiger partial charge in [-0.3, -0.25) is 10.6 Å². The largest absolute Gasteiger partial charge is 0.368 e. The first-order valence-electron chi connectivity index (χ1n) is 5.03. The highest BCUT2D eigenvalue weighted by Gasteiger charge is 2.15. The van der Waals surface area contributed by atoms with Crippen LogP contribution in [0.2, 0.25) is 0 Å². The van der Waals surface area contributed by atoms with Crippen molar-refractivity contribution in [1.29, 1.82) is 0 Å². The lowest BCUT2D eigenvalue weighted by Gasteiger charge is -2.10. The molecule has 0 saturated heterocycles. The average molecular weight is 218 g/mol. The van der Waals surface area contributed by atoms with Crippen LogP contribution in [0.1, 0.15) is 5.56 Å². The van der Waals surface area contributed by atoms with E-state index in [1.165, 1.54) is 0 Å². The molecule has 1 aromatic heterocycles. The number of benzene rings is 1. The highest BCUT2D eigenvalue weighted by Crippen LogP contribution is 2.18. The number of nitrogens with one attached hydrogen (secondary N) is 2. The predicted octanol–water partition coefficient (Wildman–Crippen LogP) is 0.0276. The predicted molar refractivity (Wildman–Crippen MR) is 62.3 cm³/mol. The minimum atomic E-state index is -0.542. The topological polar surface area (TPSA) is 96.9 Å². The lowest BCUT2D eigenvalue weighted by Crippen LogP contribution is -2.46. The second-order valence-corrected chi connectivity index (χ2v) is 3.69. The third-order valence-corrected chi connectivity index (χ3v) is 2.64. The minimum absolute atomic E-state index is 0.451. The van der Waals surface area contributed by atoms with Crippen LogP contribution in [0.15, 0.2) is 30.5 Å². The zero-order valence-corrected chi connectivity index (χ0v) is 8.73. The number of H-pyrrole nitrogens is 1. The van der Waals surface area contributed by atoms with Crippen LogP contribution >= 0.6 is 0 Å². The van der Waals surface area contributed by atoms with Crippen LogP contribution in [0, 0.1) is 0 Å². The maximum Gasteiger partial charge on any atom is 0.236 e. The van der Waals surface area contributed by atoms with Crippen LogP contribution in [-0.4, -0.2) is 16.9 Å². The summed E-state index contributed by atoms with van der Waals surface area (Å²) in [5.74, 6) is 4.82. The van der Waals surface area contributed by atoms with E-state index < -0.39 is 11.9 Å². The van der Waals surface area contributed by atoms with Gasteiger partial charge in [-0.25, -0.2) is 5.43 Å². The fourth-order valence-electron chi connectivity index (χ4n) is 1.76. The number of para-hydroxylation sites is 1. The van der Waals surface area contributed by atoms with Gasteiger partial charge in [0.15, 0.2) is 0 Å². The monoisotopic (exact) mass is 218 g/mol. The smallest absolute Gasteiger partial charge is 0.236 e. The number of fused-ring (bicyclic) bond motifs is 1. The summed E-state index contributed by atoms with van der Waals surface area (Å²) in [4.78, 5) is 14.2. The molecule has 0 aliphatic rings. The van der Waals surface area contributed by atoms with Gasteiger partial charge >= 0.3 is 0 Å². The Morgan fingerprint density at radius 2 is 2.19 bits per heavy atom. The Balaban J connectivity index is 2.30. The van der Waals surface area contributed by atoms with Crippen LogP contribution in [0.4, 0.5) is 0 Å². The van der Waals surface area contributed by atoms with Gasteiger partial charge in [-0.1, -0.05) is 18.2 Å². The highest BCUT2D eigenvalue weighted by atomic mass is 16.1. The van der Waals surface area contributed by atoms with Crippen LogP contribution in [-0.2, 0) is 11.2 Å². The SMILES string of the molecule is NNC(Cc1c[nH]c2ccccc12)C(N)=O. The van der Waals surface area contributed by atoms with E-state index in [2.05, 4.69) is 10.4 Å². The summed E-state index contributed by atoms with van der Waals surface area (Å²) in [5.41, 5.74) is 9.70. The molecule has 16 heavy (non-hydrogen) atoms. The molecule has 1 unspecified atom stereocenters. The fourth-order valence-corrected chi connectivity index (χ4v) is 1.76. The normalized spacial score (nSPS) is 12.8. The van der Waals surface area contributed by atoms with E-state index >= 15 is 0 Å². The van der Waals surface area contributed by atoms with E-state index in [0.717, 1.165) is 16.5 Å². The standard InChI is InChI=1S/C11H14N4O/c12-11(16)10(15-13)5-7-6-14-9-4-2-1-3-8(7)9/h1-4,6,10,14-15H,5,13H2,(H2,12,16). The molecular formula is C11H14N4O. The van der Waals surface area contributed by atoms with E-state index in [-0.39, 0.29) is 0 Å². The summed E-state index contributed by atoms with van der Waals surface area (Å²) >= 11 is 0. The number of primary amides is 1. The van der Waals surface area contributed by atoms with E-state index in [1.54, 1.807) is 0 Å². The van der Waals surface area contributed by atoms with Crippen molar-refractivity contribution in [2.45, 2.75) is 12.5 Å². The van der Waals surface area contributed by atoms with Crippen molar-refractivity contribution in [1.82, 2.24) is 10.4 Å². The quantitative estimate of drug-likeness (QED) is 0.430. The van der Waals surface area contributed by atoms with E-state index in [9.17, 15) is 4.79 Å². The molecule has 0 bridgehead atoms. The molecule has 6 N–H and O–H groups in total. The molecule has 5 nitrogen and oxygen atoms in total. The minimum Gasteiger partial charge on any atom is -0.368 e. The second kappa shape index (κ2) is 4.34. The third kappa shape index (κ3) is 1.91. The number of aromatic amines is 1. The lowest BCUT2D eigenvalue weighted by molar-refractivity contribution is -0.120. The summed E-state index contributed by atoms with van der Waals surface area (Å²) < 4.78 is 0. The Morgan fingerprint density at radius 3 is 2.88 bits per heavy atom. The van der Waals surface area contributed by atoms with Gasteiger partial charge in [0.05, 0.1) is 0 Å². The summed E-state index contributed by atoms with van der Waals surface area (Å²) in [6.45, 7) is 0. The fraction of sp³-hybridized carbons (Fsp3) is 0.182. The lowest BCUT2D eigenvalue weighted by atomic mass is 10.1. The molecule has 0 saturated carbocycles. The number of hydrazine groups is 1. The number of carbonyl (C=O) groups is 1. The summed E-state index contributed by atoms with van der Waals surface area (Å²) in [7, 11) is 0. The van der Waals surface area contributed by atoms with Crippen LogP contribution < -0.4 is 17.0 Å². The second-order valence-electron chi connectivity index (χ2n) is 3.69. The molecule has 84 valence electrons. The number of hydrogen-bond acceptors (Lipinski definition) is 3. The molecule has 1 heterocycles. The number of carbonyl (C=O) groups excluding carboxylic acids is 1. The maximum absolute atomic E-state index is 11.1. The Labute approximate surface area is 92.8 Å². The molecule has 2 rings (SSSR count). The Bertz CT molecular complexity index is 505. The number of nitrogens with two attached hydrogens (primary N) is 2. The van der Waals surface area contributed by atoms with Gasteiger partial charge in [0.25, 0.3) is 0 Å². The van der Waals surface area contributed by atoms with E-state index in [1.807, 2.05) is 30.5 Å². The van der Waals surface area contributed by atoms with Crippen LogP contribution in [0.25, 0.3) is 10.9 Å².